The van der Waals surface area contributed by atoms with Crippen molar-refractivity contribution in [2.45, 2.75) is 33.4 Å². The van der Waals surface area contributed by atoms with E-state index in [1.807, 2.05) is 13.8 Å². The molecule has 1 N–H and O–H groups in total. The van der Waals surface area contributed by atoms with Gasteiger partial charge in [0.2, 0.25) is 0 Å². The molecule has 0 saturated carbocycles. The molecule has 0 aliphatic carbocycles. The molecule has 0 aliphatic rings. The summed E-state index contributed by atoms with van der Waals surface area (Å²) in [5, 5.41) is 8.22. The summed E-state index contributed by atoms with van der Waals surface area (Å²) in [6.07, 6.45) is -1.14. The Kier molecular flexibility index (Phi) is 6.97. The van der Waals surface area contributed by atoms with Crippen molar-refractivity contribution < 1.29 is 14.3 Å². The molecule has 1 aromatic heterocycles. The molecule has 1 heterocycles. The van der Waals surface area contributed by atoms with Gasteiger partial charge < -0.3 is 10.1 Å². The average molecular weight is 462 g/mol. The van der Waals surface area contributed by atoms with E-state index < -0.39 is 18.0 Å². The molecule has 0 bridgehead atoms. The van der Waals surface area contributed by atoms with Gasteiger partial charge in [0.25, 0.3) is 11.5 Å². The van der Waals surface area contributed by atoms with E-state index in [-0.39, 0.29) is 17.2 Å². The predicted octanol–water partition coefficient (Wildman–Crippen LogP) is 4.54. The number of nitrogens with one attached hydrogen (secondary N) is 1. The van der Waals surface area contributed by atoms with Crippen molar-refractivity contribution in [2.75, 3.05) is 5.32 Å². The molecular weight excluding hydrogens is 441 g/mol. The summed E-state index contributed by atoms with van der Waals surface area (Å²) in [7, 11) is 0. The van der Waals surface area contributed by atoms with Gasteiger partial charge in [0, 0.05) is 17.0 Å². The number of rotatable bonds is 6. The highest BCUT2D eigenvalue weighted by Gasteiger charge is 2.24. The monoisotopic (exact) mass is 461 g/mol. The van der Waals surface area contributed by atoms with E-state index in [1.165, 1.54) is 17.7 Å². The zero-order valence-electron chi connectivity index (χ0n) is 17.2. The minimum absolute atomic E-state index is 0.0312. The molecular formula is C22H21Cl2N3O4. The number of benzene rings is 2. The third-order valence-corrected chi connectivity index (χ3v) is 5.00. The van der Waals surface area contributed by atoms with E-state index in [4.69, 9.17) is 27.9 Å². The largest absolute Gasteiger partial charge is 0.448 e. The molecule has 2 aromatic carbocycles. The summed E-state index contributed by atoms with van der Waals surface area (Å²) in [5.41, 5.74) is -0.0188. The van der Waals surface area contributed by atoms with Crippen molar-refractivity contribution in [3.05, 3.63) is 68.6 Å². The lowest BCUT2D eigenvalue weighted by Crippen LogP contribution is -2.32. The second-order valence-electron chi connectivity index (χ2n) is 7.44. The van der Waals surface area contributed by atoms with Crippen LogP contribution >= 0.6 is 23.2 Å². The molecule has 0 aliphatic heterocycles. The van der Waals surface area contributed by atoms with Crippen LogP contribution < -0.4 is 10.9 Å². The average Bonchev–Trinajstić information content (AvgIpc) is 2.72. The topological polar surface area (TPSA) is 90.3 Å². The number of fused-ring (bicyclic) bond motifs is 1. The molecule has 0 spiro atoms. The quantitative estimate of drug-likeness (QED) is 0.543. The summed E-state index contributed by atoms with van der Waals surface area (Å²) in [6, 6.07) is 11.3. The smallest absolute Gasteiger partial charge is 0.360 e. The number of amides is 1. The fraction of sp³-hybridized carbons (Fsp3) is 0.273. The maximum Gasteiger partial charge on any atom is 0.360 e. The summed E-state index contributed by atoms with van der Waals surface area (Å²) < 4.78 is 6.59. The van der Waals surface area contributed by atoms with Crippen LogP contribution in [0.5, 0.6) is 0 Å². The Bertz CT molecular complexity index is 1210. The fourth-order valence-corrected chi connectivity index (χ4v) is 3.29. The Morgan fingerprint density at radius 3 is 2.45 bits per heavy atom. The first-order chi connectivity index (χ1) is 14.7. The van der Waals surface area contributed by atoms with E-state index in [0.717, 1.165) is 0 Å². The number of halogens is 2. The molecule has 0 fully saturated rings. The van der Waals surface area contributed by atoms with Crippen LogP contribution in [0.1, 0.15) is 31.3 Å². The van der Waals surface area contributed by atoms with Gasteiger partial charge in [-0.2, -0.15) is 5.10 Å². The fourth-order valence-electron chi connectivity index (χ4n) is 2.95. The number of hydrogen-bond acceptors (Lipinski definition) is 5. The van der Waals surface area contributed by atoms with Crippen molar-refractivity contribution in [3.8, 4) is 0 Å². The SMILES string of the molecule is CC(C)Cn1nc(C(=O)OC(C)C(=O)Nc2cc(Cl)ccc2Cl)c2ccccc2c1=O. The standard InChI is InChI=1S/C22H21Cl2N3O4/c1-12(2)11-27-21(29)16-7-5-4-6-15(16)19(26-27)22(30)31-13(3)20(28)25-18-10-14(23)8-9-17(18)24/h4-10,12-13H,11H2,1-3H3,(H,25,28). The van der Waals surface area contributed by atoms with E-state index in [2.05, 4.69) is 10.4 Å². The van der Waals surface area contributed by atoms with Crippen molar-refractivity contribution >= 4 is 51.5 Å². The molecule has 3 aromatic rings. The van der Waals surface area contributed by atoms with Gasteiger partial charge in [-0.05, 0) is 37.1 Å². The first kappa shape index (κ1) is 22.8. The van der Waals surface area contributed by atoms with Gasteiger partial charge in [-0.1, -0.05) is 55.2 Å². The minimum Gasteiger partial charge on any atom is -0.448 e. The molecule has 31 heavy (non-hydrogen) atoms. The Morgan fingerprint density at radius 1 is 1.10 bits per heavy atom. The van der Waals surface area contributed by atoms with Crippen LogP contribution in [-0.4, -0.2) is 27.8 Å². The molecule has 3 rings (SSSR count). The zero-order valence-corrected chi connectivity index (χ0v) is 18.7. The summed E-state index contributed by atoms with van der Waals surface area (Å²) in [5.74, 6) is -1.26. The van der Waals surface area contributed by atoms with Gasteiger partial charge in [0.1, 0.15) is 0 Å². The highest BCUT2D eigenvalue weighted by Crippen LogP contribution is 2.25. The van der Waals surface area contributed by atoms with Crippen LogP contribution in [0.25, 0.3) is 10.8 Å². The number of aromatic nitrogens is 2. The maximum atomic E-state index is 12.9. The molecule has 0 radical (unpaired) electrons. The number of carbonyl (C=O) groups excluding carboxylic acids is 2. The van der Waals surface area contributed by atoms with Gasteiger partial charge in [-0.25, -0.2) is 9.48 Å². The van der Waals surface area contributed by atoms with Crippen molar-refractivity contribution in [1.29, 1.82) is 0 Å². The Morgan fingerprint density at radius 2 is 1.77 bits per heavy atom. The van der Waals surface area contributed by atoms with Crippen molar-refractivity contribution in [2.24, 2.45) is 5.92 Å². The molecule has 0 saturated heterocycles. The van der Waals surface area contributed by atoms with Crippen LogP contribution in [0, 0.1) is 5.92 Å². The zero-order chi connectivity index (χ0) is 22.7. The van der Waals surface area contributed by atoms with Crippen LogP contribution in [0.15, 0.2) is 47.3 Å². The highest BCUT2D eigenvalue weighted by atomic mass is 35.5. The lowest BCUT2D eigenvalue weighted by molar-refractivity contribution is -0.123. The van der Waals surface area contributed by atoms with Crippen LogP contribution in [0.4, 0.5) is 5.69 Å². The Balaban J connectivity index is 1.87. The van der Waals surface area contributed by atoms with Gasteiger partial charge in [0.05, 0.1) is 16.1 Å². The van der Waals surface area contributed by atoms with Crippen LogP contribution in [-0.2, 0) is 16.1 Å². The molecule has 162 valence electrons. The Labute approximate surface area is 188 Å². The number of esters is 1. The summed E-state index contributed by atoms with van der Waals surface area (Å²) in [6.45, 7) is 5.65. The van der Waals surface area contributed by atoms with E-state index in [0.29, 0.717) is 33.0 Å². The lowest BCUT2D eigenvalue weighted by atomic mass is 10.1. The molecule has 1 unspecified atom stereocenters. The molecule has 1 atom stereocenters. The molecule has 1 amide bonds. The number of anilines is 1. The van der Waals surface area contributed by atoms with E-state index in [9.17, 15) is 14.4 Å². The second-order valence-corrected chi connectivity index (χ2v) is 8.28. The van der Waals surface area contributed by atoms with Crippen LogP contribution in [0.3, 0.4) is 0 Å². The third-order valence-electron chi connectivity index (χ3n) is 4.44. The highest BCUT2D eigenvalue weighted by molar-refractivity contribution is 6.35. The third kappa shape index (κ3) is 5.24. The predicted molar refractivity (Wildman–Crippen MR) is 121 cm³/mol. The van der Waals surface area contributed by atoms with Crippen molar-refractivity contribution in [1.82, 2.24) is 9.78 Å². The summed E-state index contributed by atoms with van der Waals surface area (Å²) in [4.78, 5) is 38.1. The van der Waals surface area contributed by atoms with Gasteiger partial charge >= 0.3 is 5.97 Å². The number of ether oxygens (including phenoxy) is 1. The first-order valence-electron chi connectivity index (χ1n) is 9.64. The number of nitrogens with zero attached hydrogens (tertiary/aromatic N) is 2. The minimum atomic E-state index is -1.14. The Hall–Kier alpha value is -2.90. The van der Waals surface area contributed by atoms with E-state index in [1.54, 1.807) is 36.4 Å². The van der Waals surface area contributed by atoms with Crippen molar-refractivity contribution in [3.63, 3.8) is 0 Å². The lowest BCUT2D eigenvalue weighted by Gasteiger charge is -2.16. The van der Waals surface area contributed by atoms with Gasteiger partial charge in [-0.3, -0.25) is 9.59 Å². The molecule has 9 heteroatoms. The number of hydrogen-bond donors (Lipinski definition) is 1. The van der Waals surface area contributed by atoms with Crippen LogP contribution in [0.2, 0.25) is 10.0 Å². The van der Waals surface area contributed by atoms with Gasteiger partial charge in [0.15, 0.2) is 11.8 Å². The molecule has 7 nitrogen and oxygen atoms in total. The maximum absolute atomic E-state index is 12.9. The second kappa shape index (κ2) is 9.49. The summed E-state index contributed by atoms with van der Waals surface area (Å²) >= 11 is 12.0. The first-order valence-corrected chi connectivity index (χ1v) is 10.4. The normalized spacial score (nSPS) is 12.1. The van der Waals surface area contributed by atoms with E-state index >= 15 is 0 Å². The number of carbonyl (C=O) groups is 2. The van der Waals surface area contributed by atoms with Gasteiger partial charge in [-0.15, -0.1) is 0 Å².